The first-order chi connectivity index (χ1) is 39.1. The largest absolute Gasteiger partial charge is 0.456 e. The van der Waals surface area contributed by atoms with Crippen molar-refractivity contribution in [3.8, 4) is 0 Å². The molecule has 18 unspecified atom stereocenters. The minimum atomic E-state index is -0.374. The van der Waals surface area contributed by atoms with E-state index < -0.39 is 0 Å². The van der Waals surface area contributed by atoms with E-state index in [4.69, 9.17) is 28.4 Å². The van der Waals surface area contributed by atoms with E-state index in [1.54, 1.807) is 41.5 Å². The predicted molar refractivity (Wildman–Crippen MR) is 328 cm³/mol. The minimum absolute atomic E-state index is 0.138. The van der Waals surface area contributed by atoms with Crippen LogP contribution in [-0.2, 0) is 57.2 Å². The van der Waals surface area contributed by atoms with E-state index in [0.29, 0.717) is 63.0 Å². The van der Waals surface area contributed by atoms with Crippen LogP contribution in [-0.4, -0.2) is 69.4 Å². The van der Waals surface area contributed by atoms with Gasteiger partial charge in [-0.1, -0.05) is 72.7 Å². The van der Waals surface area contributed by atoms with Crippen LogP contribution in [0.15, 0.2) is 85.6 Å². The van der Waals surface area contributed by atoms with Gasteiger partial charge in [0.1, 0.15) is 33.6 Å². The molecule has 12 aliphatic carbocycles. The van der Waals surface area contributed by atoms with E-state index >= 15 is 0 Å². The normalized spacial score (nSPS) is 40.3. The van der Waals surface area contributed by atoms with E-state index in [2.05, 4.69) is 87.6 Å². The van der Waals surface area contributed by atoms with Gasteiger partial charge in [0, 0.05) is 68.4 Å². The molecule has 0 amide bonds. The van der Waals surface area contributed by atoms with Crippen LogP contribution in [0.1, 0.15) is 224 Å². The summed E-state index contributed by atoms with van der Waals surface area (Å²) < 4.78 is 33.4. The molecule has 0 bridgehead atoms. The van der Waals surface area contributed by atoms with E-state index in [-0.39, 0.29) is 74.8 Å². The molecular formula is C72H106O12. The van der Waals surface area contributed by atoms with Crippen molar-refractivity contribution in [2.24, 2.45) is 70.5 Å². The smallest absolute Gasteiger partial charge is 0.333 e. The van der Waals surface area contributed by atoms with E-state index in [1.807, 2.05) is 6.08 Å². The van der Waals surface area contributed by atoms with Gasteiger partial charge in [0.2, 0.25) is 0 Å². The van der Waals surface area contributed by atoms with Gasteiger partial charge in [-0.2, -0.15) is 0 Å². The Morgan fingerprint density at radius 1 is 0.405 bits per heavy atom. The summed E-state index contributed by atoms with van der Waals surface area (Å²) in [6, 6.07) is 0. The van der Waals surface area contributed by atoms with Crippen LogP contribution in [0.4, 0.5) is 0 Å². The molecule has 12 saturated carbocycles. The van der Waals surface area contributed by atoms with Gasteiger partial charge in [-0.25, -0.2) is 28.8 Å². The van der Waals surface area contributed by atoms with Crippen molar-refractivity contribution in [2.45, 2.75) is 258 Å². The van der Waals surface area contributed by atoms with Crippen LogP contribution >= 0.6 is 0 Å². The van der Waals surface area contributed by atoms with E-state index in [0.717, 1.165) is 80.5 Å². The number of esters is 6. The van der Waals surface area contributed by atoms with Crippen molar-refractivity contribution in [3.05, 3.63) is 85.6 Å². The number of rotatable bonds is 14. The Bertz CT molecular complexity index is 2630. The molecule has 18 atom stereocenters. The van der Waals surface area contributed by atoms with E-state index in [9.17, 15) is 28.8 Å². The maximum atomic E-state index is 11.6. The lowest BCUT2D eigenvalue weighted by Gasteiger charge is -2.33. The molecule has 0 saturated heterocycles. The molecule has 12 nitrogen and oxygen atoms in total. The SMILES string of the molecule is C=C(C)C(=O)OC1(C)CCC2CC21.C=C(C)C(=O)OC1(C)CCC2CC21C.C=C(C)C(=O)OC1(C)CCCC2CC21.C=C(C)C(=O)OC1(C)CCCCC2CC21.C=C(C)C(=O)OC1(CC)CCC2CC21.C=CC1(OC(=O)C(=C)C)CCC2CC21. The van der Waals surface area contributed by atoms with Crippen molar-refractivity contribution in [2.75, 3.05) is 0 Å². The van der Waals surface area contributed by atoms with Crippen molar-refractivity contribution in [1.82, 2.24) is 0 Å². The molecule has 0 aromatic heterocycles. The van der Waals surface area contributed by atoms with Gasteiger partial charge in [0.15, 0.2) is 0 Å². The minimum Gasteiger partial charge on any atom is -0.456 e. The third kappa shape index (κ3) is 15.0. The molecule has 0 radical (unpaired) electrons. The second-order valence-corrected chi connectivity index (χ2v) is 29.4. The molecule has 466 valence electrons. The Morgan fingerprint density at radius 2 is 0.774 bits per heavy atom. The summed E-state index contributed by atoms with van der Waals surface area (Å²) in [5.74, 6) is 6.53. The lowest BCUT2D eigenvalue weighted by atomic mass is 9.86. The fraction of sp³-hybridized carbons (Fsp3) is 0.722. The number of hydrogen-bond donors (Lipinski definition) is 0. The Hall–Kier alpha value is -5.00. The highest BCUT2D eigenvalue weighted by atomic mass is 16.6. The third-order valence-electron chi connectivity index (χ3n) is 22.4. The second-order valence-electron chi connectivity index (χ2n) is 29.4. The number of carbonyl (C=O) groups is 6. The summed E-state index contributed by atoms with van der Waals surface area (Å²) in [7, 11) is 0. The van der Waals surface area contributed by atoms with Crippen molar-refractivity contribution >= 4 is 35.8 Å². The molecule has 12 fully saturated rings. The maximum absolute atomic E-state index is 11.6. The summed E-state index contributed by atoms with van der Waals surface area (Å²) in [6.07, 6.45) is 27.4. The van der Waals surface area contributed by atoms with Gasteiger partial charge in [-0.3, -0.25) is 0 Å². The fourth-order valence-electron chi connectivity index (χ4n) is 15.7. The first-order valence-corrected chi connectivity index (χ1v) is 32.1. The average Bonchev–Trinajstić information content (AvgIpc) is 1.64. The fourth-order valence-corrected chi connectivity index (χ4v) is 15.7. The van der Waals surface area contributed by atoms with Gasteiger partial charge in [0.05, 0.1) is 0 Å². The highest BCUT2D eigenvalue weighted by Crippen LogP contribution is 2.69. The molecule has 0 aliphatic heterocycles. The zero-order valence-corrected chi connectivity index (χ0v) is 53.8. The van der Waals surface area contributed by atoms with Crippen molar-refractivity contribution in [3.63, 3.8) is 0 Å². The van der Waals surface area contributed by atoms with E-state index in [1.165, 1.54) is 96.3 Å². The lowest BCUT2D eigenvalue weighted by molar-refractivity contribution is -0.159. The maximum Gasteiger partial charge on any atom is 0.333 e. The zero-order valence-electron chi connectivity index (χ0n) is 53.8. The summed E-state index contributed by atoms with van der Waals surface area (Å²) in [6.45, 7) is 48.4. The van der Waals surface area contributed by atoms with Gasteiger partial charge < -0.3 is 28.4 Å². The molecule has 0 aromatic carbocycles. The quantitative estimate of drug-likeness (QED) is 0.0703. The second kappa shape index (κ2) is 25.4. The van der Waals surface area contributed by atoms with Gasteiger partial charge >= 0.3 is 35.8 Å². The Labute approximate surface area is 504 Å². The van der Waals surface area contributed by atoms with Gasteiger partial charge in [0.25, 0.3) is 0 Å². The average molecular weight is 1160 g/mol. The van der Waals surface area contributed by atoms with Crippen LogP contribution in [0, 0.1) is 70.5 Å². The van der Waals surface area contributed by atoms with Crippen LogP contribution in [0.5, 0.6) is 0 Å². The molecule has 0 spiro atoms. The molecule has 0 N–H and O–H groups in total. The Balaban J connectivity index is 0.000000145. The Morgan fingerprint density at radius 3 is 1.14 bits per heavy atom. The molecule has 84 heavy (non-hydrogen) atoms. The molecule has 0 aromatic rings. The predicted octanol–water partition coefficient (Wildman–Crippen LogP) is 15.9. The molecule has 12 aliphatic rings. The topological polar surface area (TPSA) is 158 Å². The summed E-state index contributed by atoms with van der Waals surface area (Å²) in [5.41, 5.74) is 1.91. The highest BCUT2D eigenvalue weighted by molar-refractivity contribution is 5.89. The zero-order chi connectivity index (χ0) is 62.3. The van der Waals surface area contributed by atoms with Crippen LogP contribution in [0.2, 0.25) is 0 Å². The molecule has 12 rings (SSSR count). The van der Waals surface area contributed by atoms with Crippen molar-refractivity contribution in [1.29, 1.82) is 0 Å². The first-order valence-electron chi connectivity index (χ1n) is 32.1. The standard InChI is InChI=1S/C13H20O2.3C12H18O2.C12H16O2.C11H16O2/c1-9(2)12(14)15-13(3)7-5-4-6-10-8-11(10)13;1-8(2)10(13)14-12(4)6-5-9-7-11(9,12)3;1-8(2)11(13)14-12(3)6-4-5-9-7-10(9)12;2*1-4-12(14-11(13)8(2)3)6-5-9-7-10(9)12;1-7(2)10(12)13-11(3)5-4-8-6-9(8)11/h10-11H,1,4-8H2,2-3H3;9H,1,5-7H2,2-4H3;9-10H,1,4-7H2,2-3H3;9-10H,2,4-7H2,1,3H3;4,9-10H,1-2,5-7H2,3H3;8-9H,1,4-6H2,2-3H3. The number of ether oxygens (including phenoxy) is 6. The Kier molecular flexibility index (Phi) is 20.1. The summed E-state index contributed by atoms with van der Waals surface area (Å²) >= 11 is 0. The van der Waals surface area contributed by atoms with Crippen LogP contribution < -0.4 is 0 Å². The number of hydrogen-bond acceptors (Lipinski definition) is 12. The highest BCUT2D eigenvalue weighted by Gasteiger charge is 2.68. The first kappa shape index (κ1) is 66.5. The molecule has 12 heteroatoms. The van der Waals surface area contributed by atoms with Crippen LogP contribution in [0.3, 0.4) is 0 Å². The summed E-state index contributed by atoms with van der Waals surface area (Å²) in [5, 5.41) is 0. The summed E-state index contributed by atoms with van der Waals surface area (Å²) in [4.78, 5) is 68.8. The third-order valence-corrected chi connectivity index (χ3v) is 22.4. The number of carbonyl (C=O) groups excluding carboxylic acids is 6. The van der Waals surface area contributed by atoms with Crippen molar-refractivity contribution < 1.29 is 57.2 Å². The van der Waals surface area contributed by atoms with Gasteiger partial charge in [-0.05, 0) is 239 Å². The van der Waals surface area contributed by atoms with Gasteiger partial charge in [-0.15, -0.1) is 0 Å². The number of fused-ring (bicyclic) bond motifs is 6. The molecule has 0 heterocycles. The monoisotopic (exact) mass is 1160 g/mol. The lowest BCUT2D eigenvalue weighted by Crippen LogP contribution is -2.37. The van der Waals surface area contributed by atoms with Crippen LogP contribution in [0.25, 0.3) is 0 Å². The molecular weight excluding hydrogens is 1060 g/mol.